The van der Waals surface area contributed by atoms with Crippen molar-refractivity contribution in [3.05, 3.63) is 75.7 Å². The van der Waals surface area contributed by atoms with E-state index >= 15 is 0 Å². The second-order valence-corrected chi connectivity index (χ2v) is 7.37. The summed E-state index contributed by atoms with van der Waals surface area (Å²) in [4.78, 5) is 40.0. The molecule has 0 bridgehead atoms. The molecule has 1 atom stereocenters. The SMILES string of the molecule is CC(C)C(NC(=O)c1ccc(Cl)c([N+](=O)[O-])c1)C(=O)Nc1ccc(-n2cccn2)nc1. The molecule has 0 saturated carbocycles. The normalized spacial score (nSPS) is 11.7. The predicted octanol–water partition coefficient (Wildman–Crippen LogP) is 3.22. The van der Waals surface area contributed by atoms with Crippen LogP contribution < -0.4 is 10.6 Å². The molecule has 0 aliphatic heterocycles. The molecule has 160 valence electrons. The van der Waals surface area contributed by atoms with Crippen molar-refractivity contribution in [2.24, 2.45) is 5.92 Å². The summed E-state index contributed by atoms with van der Waals surface area (Å²) in [6.07, 6.45) is 4.85. The molecule has 0 aliphatic carbocycles. The van der Waals surface area contributed by atoms with E-state index in [-0.39, 0.29) is 22.2 Å². The van der Waals surface area contributed by atoms with E-state index in [4.69, 9.17) is 11.6 Å². The molecule has 2 N–H and O–H groups in total. The maximum atomic E-state index is 12.8. The van der Waals surface area contributed by atoms with Crippen molar-refractivity contribution < 1.29 is 14.5 Å². The molecule has 2 aromatic heterocycles. The third-order valence-corrected chi connectivity index (χ3v) is 4.71. The number of rotatable bonds is 7. The van der Waals surface area contributed by atoms with Crippen LogP contribution >= 0.6 is 11.6 Å². The minimum Gasteiger partial charge on any atom is -0.340 e. The van der Waals surface area contributed by atoms with Crippen molar-refractivity contribution in [1.29, 1.82) is 0 Å². The van der Waals surface area contributed by atoms with E-state index in [0.29, 0.717) is 11.5 Å². The number of nitro groups is 1. The van der Waals surface area contributed by atoms with Crippen molar-refractivity contribution in [3.8, 4) is 5.82 Å². The van der Waals surface area contributed by atoms with Crippen LogP contribution in [0.25, 0.3) is 5.82 Å². The number of anilines is 1. The van der Waals surface area contributed by atoms with E-state index in [1.54, 1.807) is 49.1 Å². The number of nitrogens with zero attached hydrogens (tertiary/aromatic N) is 4. The second kappa shape index (κ2) is 9.35. The lowest BCUT2D eigenvalue weighted by molar-refractivity contribution is -0.384. The summed E-state index contributed by atoms with van der Waals surface area (Å²) in [6, 6.07) is 7.95. The lowest BCUT2D eigenvalue weighted by Crippen LogP contribution is -2.47. The van der Waals surface area contributed by atoms with Crippen LogP contribution in [0.2, 0.25) is 5.02 Å². The summed E-state index contributed by atoms with van der Waals surface area (Å²) in [6.45, 7) is 3.54. The minimum atomic E-state index is -0.881. The molecule has 0 aliphatic rings. The molecule has 3 aromatic rings. The van der Waals surface area contributed by atoms with Crippen LogP contribution in [-0.4, -0.2) is 37.5 Å². The standard InChI is InChI=1S/C20H19ClN6O4/c1-12(2)18(25-19(28)13-4-6-15(21)16(10-13)27(30)31)20(29)24-14-5-7-17(22-11-14)26-9-3-8-23-26/h3-12,18H,1-2H3,(H,24,29)(H,25,28). The van der Waals surface area contributed by atoms with Crippen LogP contribution in [0.5, 0.6) is 0 Å². The lowest BCUT2D eigenvalue weighted by Gasteiger charge is -2.21. The molecule has 11 heteroatoms. The summed E-state index contributed by atoms with van der Waals surface area (Å²) in [5.74, 6) is -0.732. The highest BCUT2D eigenvalue weighted by molar-refractivity contribution is 6.32. The average molecular weight is 443 g/mol. The molecule has 2 amide bonds. The van der Waals surface area contributed by atoms with Crippen molar-refractivity contribution >= 4 is 34.8 Å². The Morgan fingerprint density at radius 1 is 1.23 bits per heavy atom. The summed E-state index contributed by atoms with van der Waals surface area (Å²) < 4.78 is 1.58. The fourth-order valence-electron chi connectivity index (χ4n) is 2.77. The number of carbonyl (C=O) groups excluding carboxylic acids is 2. The number of nitro benzene ring substituents is 1. The monoisotopic (exact) mass is 442 g/mol. The molecular weight excluding hydrogens is 424 g/mol. The molecular formula is C20H19ClN6O4. The number of pyridine rings is 1. The van der Waals surface area contributed by atoms with E-state index in [1.807, 2.05) is 0 Å². The van der Waals surface area contributed by atoms with E-state index in [1.165, 1.54) is 18.3 Å². The number of benzene rings is 1. The van der Waals surface area contributed by atoms with E-state index in [9.17, 15) is 19.7 Å². The van der Waals surface area contributed by atoms with Gasteiger partial charge in [-0.25, -0.2) is 9.67 Å². The lowest BCUT2D eigenvalue weighted by atomic mass is 10.0. The van der Waals surface area contributed by atoms with Gasteiger partial charge in [0.2, 0.25) is 5.91 Å². The summed E-state index contributed by atoms with van der Waals surface area (Å²) in [5, 5.41) is 20.4. The summed E-state index contributed by atoms with van der Waals surface area (Å²) in [7, 11) is 0. The fourth-order valence-corrected chi connectivity index (χ4v) is 2.96. The van der Waals surface area contributed by atoms with Crippen molar-refractivity contribution in [2.75, 3.05) is 5.32 Å². The number of carbonyl (C=O) groups is 2. The quantitative estimate of drug-likeness (QED) is 0.426. The molecule has 0 saturated heterocycles. The molecule has 1 aromatic carbocycles. The van der Waals surface area contributed by atoms with Crippen LogP contribution in [0.4, 0.5) is 11.4 Å². The number of aromatic nitrogens is 3. The number of amides is 2. The molecule has 2 heterocycles. The fraction of sp³-hybridized carbons (Fsp3) is 0.200. The van der Waals surface area contributed by atoms with Gasteiger partial charge in [0.25, 0.3) is 11.6 Å². The van der Waals surface area contributed by atoms with Gasteiger partial charge in [-0.1, -0.05) is 25.4 Å². The molecule has 0 radical (unpaired) electrons. The highest BCUT2D eigenvalue weighted by Crippen LogP contribution is 2.25. The Kier molecular flexibility index (Phi) is 6.61. The third kappa shape index (κ3) is 5.23. The van der Waals surface area contributed by atoms with Gasteiger partial charge in [-0.3, -0.25) is 19.7 Å². The zero-order valence-corrected chi connectivity index (χ0v) is 17.4. The highest BCUT2D eigenvalue weighted by atomic mass is 35.5. The van der Waals surface area contributed by atoms with Gasteiger partial charge >= 0.3 is 0 Å². The number of hydrogen-bond donors (Lipinski definition) is 2. The van der Waals surface area contributed by atoms with Gasteiger partial charge in [-0.2, -0.15) is 5.10 Å². The predicted molar refractivity (Wildman–Crippen MR) is 114 cm³/mol. The largest absolute Gasteiger partial charge is 0.340 e. The van der Waals surface area contributed by atoms with Crippen LogP contribution in [0.3, 0.4) is 0 Å². The van der Waals surface area contributed by atoms with Gasteiger partial charge in [0, 0.05) is 24.0 Å². The van der Waals surface area contributed by atoms with Crippen LogP contribution in [0, 0.1) is 16.0 Å². The van der Waals surface area contributed by atoms with Crippen LogP contribution in [0.15, 0.2) is 55.0 Å². The Balaban J connectivity index is 1.71. The first-order chi connectivity index (χ1) is 14.8. The Bertz CT molecular complexity index is 1100. The summed E-state index contributed by atoms with van der Waals surface area (Å²) >= 11 is 5.79. The molecule has 0 spiro atoms. The van der Waals surface area contributed by atoms with Gasteiger partial charge in [-0.05, 0) is 36.2 Å². The van der Waals surface area contributed by atoms with E-state index in [0.717, 1.165) is 6.07 Å². The Morgan fingerprint density at radius 2 is 2.00 bits per heavy atom. The Hall–Kier alpha value is -3.79. The van der Waals surface area contributed by atoms with Crippen molar-refractivity contribution in [2.45, 2.75) is 19.9 Å². The van der Waals surface area contributed by atoms with Crippen molar-refractivity contribution in [1.82, 2.24) is 20.1 Å². The molecule has 31 heavy (non-hydrogen) atoms. The van der Waals surface area contributed by atoms with E-state index in [2.05, 4.69) is 20.7 Å². The highest BCUT2D eigenvalue weighted by Gasteiger charge is 2.26. The van der Waals surface area contributed by atoms with Gasteiger partial charge in [-0.15, -0.1) is 0 Å². The molecule has 0 fully saturated rings. The Morgan fingerprint density at radius 3 is 2.58 bits per heavy atom. The third-order valence-electron chi connectivity index (χ3n) is 4.40. The number of nitrogens with one attached hydrogen (secondary N) is 2. The first-order valence-electron chi connectivity index (χ1n) is 9.28. The first kappa shape index (κ1) is 21.9. The van der Waals surface area contributed by atoms with Gasteiger partial charge in [0.05, 0.1) is 16.8 Å². The minimum absolute atomic E-state index is 0.0276. The van der Waals surface area contributed by atoms with Gasteiger partial charge < -0.3 is 10.6 Å². The second-order valence-electron chi connectivity index (χ2n) is 6.96. The van der Waals surface area contributed by atoms with E-state index < -0.39 is 22.8 Å². The zero-order valence-electron chi connectivity index (χ0n) is 16.7. The zero-order chi connectivity index (χ0) is 22.5. The number of hydrogen-bond acceptors (Lipinski definition) is 6. The molecule has 1 unspecified atom stereocenters. The van der Waals surface area contributed by atoms with Gasteiger partial charge in [0.15, 0.2) is 5.82 Å². The van der Waals surface area contributed by atoms with Crippen molar-refractivity contribution in [3.63, 3.8) is 0 Å². The maximum absolute atomic E-state index is 12.8. The van der Waals surface area contributed by atoms with Crippen LogP contribution in [-0.2, 0) is 4.79 Å². The summed E-state index contributed by atoms with van der Waals surface area (Å²) in [5.41, 5.74) is 0.0888. The maximum Gasteiger partial charge on any atom is 0.288 e. The first-order valence-corrected chi connectivity index (χ1v) is 9.66. The topological polar surface area (TPSA) is 132 Å². The smallest absolute Gasteiger partial charge is 0.288 e. The molecule has 3 rings (SSSR count). The Labute approximate surface area is 182 Å². The van der Waals surface area contributed by atoms with Gasteiger partial charge in [0.1, 0.15) is 11.1 Å². The average Bonchev–Trinajstić information content (AvgIpc) is 3.27. The number of halogens is 1. The van der Waals surface area contributed by atoms with Crippen LogP contribution in [0.1, 0.15) is 24.2 Å². The molecule has 10 nitrogen and oxygen atoms in total.